The predicted octanol–water partition coefficient (Wildman–Crippen LogP) is 0.0800. The van der Waals surface area contributed by atoms with Crippen molar-refractivity contribution in [2.45, 2.75) is 6.04 Å². The van der Waals surface area contributed by atoms with Crippen molar-refractivity contribution in [3.05, 3.63) is 23.8 Å². The van der Waals surface area contributed by atoms with Gasteiger partial charge in [0.15, 0.2) is 11.5 Å². The van der Waals surface area contributed by atoms with Gasteiger partial charge in [0.1, 0.15) is 0 Å². The minimum Gasteiger partial charge on any atom is -0.493 e. The standard InChI is InChI=1S/C15H17N3O5/c1-22-11-4-3-9(5-12(11)23-2)14(20)17-7-10(8-17)18-13(19)6-16-15(18)21/h3-5,10H,6-8H2,1-2H3,(H,16,21). The van der Waals surface area contributed by atoms with Crippen molar-refractivity contribution < 1.29 is 23.9 Å². The Balaban J connectivity index is 1.67. The second-order valence-electron chi connectivity index (χ2n) is 5.36. The number of ether oxygens (including phenoxy) is 2. The topological polar surface area (TPSA) is 88.2 Å². The zero-order valence-corrected chi connectivity index (χ0v) is 12.9. The second kappa shape index (κ2) is 5.79. The average molecular weight is 319 g/mol. The molecule has 1 aromatic rings. The van der Waals surface area contributed by atoms with Gasteiger partial charge < -0.3 is 19.7 Å². The van der Waals surface area contributed by atoms with Crippen LogP contribution in [0.2, 0.25) is 0 Å². The lowest BCUT2D eigenvalue weighted by molar-refractivity contribution is -0.128. The van der Waals surface area contributed by atoms with Crippen molar-refractivity contribution in [1.82, 2.24) is 15.1 Å². The molecule has 0 bridgehead atoms. The number of imide groups is 1. The molecule has 0 saturated carbocycles. The van der Waals surface area contributed by atoms with E-state index in [0.29, 0.717) is 30.2 Å². The summed E-state index contributed by atoms with van der Waals surface area (Å²) in [5, 5.41) is 2.48. The van der Waals surface area contributed by atoms with Crippen LogP contribution in [0.4, 0.5) is 4.79 Å². The number of benzene rings is 1. The van der Waals surface area contributed by atoms with E-state index in [9.17, 15) is 14.4 Å². The molecule has 0 unspecified atom stereocenters. The molecule has 2 fully saturated rings. The van der Waals surface area contributed by atoms with Crippen LogP contribution < -0.4 is 14.8 Å². The Morgan fingerprint density at radius 3 is 2.43 bits per heavy atom. The monoisotopic (exact) mass is 319 g/mol. The van der Waals surface area contributed by atoms with Crippen molar-refractivity contribution >= 4 is 17.8 Å². The Labute approximate surface area is 132 Å². The molecular formula is C15H17N3O5. The summed E-state index contributed by atoms with van der Waals surface area (Å²) in [7, 11) is 3.03. The lowest BCUT2D eigenvalue weighted by Crippen LogP contribution is -2.62. The maximum absolute atomic E-state index is 12.4. The third-order valence-corrected chi connectivity index (χ3v) is 4.02. The normalized spacial score (nSPS) is 17.8. The highest BCUT2D eigenvalue weighted by atomic mass is 16.5. The molecule has 8 heteroatoms. The smallest absolute Gasteiger partial charge is 0.324 e. The Morgan fingerprint density at radius 2 is 1.87 bits per heavy atom. The quantitative estimate of drug-likeness (QED) is 0.794. The molecule has 0 radical (unpaired) electrons. The van der Waals surface area contributed by atoms with Crippen molar-refractivity contribution in [1.29, 1.82) is 0 Å². The van der Waals surface area contributed by atoms with E-state index in [1.54, 1.807) is 23.1 Å². The van der Waals surface area contributed by atoms with E-state index in [4.69, 9.17) is 9.47 Å². The van der Waals surface area contributed by atoms with Gasteiger partial charge in [-0.05, 0) is 18.2 Å². The van der Waals surface area contributed by atoms with Crippen LogP contribution >= 0.6 is 0 Å². The van der Waals surface area contributed by atoms with Crippen LogP contribution in [0.5, 0.6) is 11.5 Å². The van der Waals surface area contributed by atoms with Gasteiger partial charge in [-0.15, -0.1) is 0 Å². The molecule has 2 aliphatic heterocycles. The molecule has 122 valence electrons. The van der Waals surface area contributed by atoms with E-state index < -0.39 is 6.03 Å². The highest BCUT2D eigenvalue weighted by molar-refractivity contribution is 6.03. The maximum atomic E-state index is 12.4. The van der Waals surface area contributed by atoms with E-state index in [0.717, 1.165) is 0 Å². The molecular weight excluding hydrogens is 302 g/mol. The van der Waals surface area contributed by atoms with E-state index in [-0.39, 0.29) is 24.4 Å². The van der Waals surface area contributed by atoms with Gasteiger partial charge in [-0.25, -0.2) is 4.79 Å². The Kier molecular flexibility index (Phi) is 3.81. The zero-order chi connectivity index (χ0) is 16.6. The van der Waals surface area contributed by atoms with Gasteiger partial charge in [-0.3, -0.25) is 14.5 Å². The summed E-state index contributed by atoms with van der Waals surface area (Å²) < 4.78 is 10.3. The third-order valence-electron chi connectivity index (χ3n) is 4.02. The summed E-state index contributed by atoms with van der Waals surface area (Å²) in [6, 6.07) is 4.29. The molecule has 1 N–H and O–H groups in total. The van der Waals surface area contributed by atoms with E-state index in [1.807, 2.05) is 0 Å². The predicted molar refractivity (Wildman–Crippen MR) is 79.5 cm³/mol. The lowest BCUT2D eigenvalue weighted by Gasteiger charge is -2.42. The number of methoxy groups -OCH3 is 2. The number of likely N-dealkylation sites (tertiary alicyclic amines) is 1. The first-order valence-corrected chi connectivity index (χ1v) is 7.16. The van der Waals surface area contributed by atoms with Crippen molar-refractivity contribution in [3.8, 4) is 11.5 Å². The number of carbonyl (C=O) groups is 3. The van der Waals surface area contributed by atoms with Gasteiger partial charge in [0.25, 0.3) is 5.91 Å². The first-order chi connectivity index (χ1) is 11.0. The molecule has 4 amide bonds. The minimum atomic E-state index is -0.391. The maximum Gasteiger partial charge on any atom is 0.324 e. The highest BCUT2D eigenvalue weighted by Crippen LogP contribution is 2.29. The van der Waals surface area contributed by atoms with Crippen LogP contribution in [-0.4, -0.2) is 67.5 Å². The Bertz CT molecular complexity index is 653. The fraction of sp³-hybridized carbons (Fsp3) is 0.400. The largest absolute Gasteiger partial charge is 0.493 e. The minimum absolute atomic E-state index is 0.0267. The van der Waals surface area contributed by atoms with Crippen molar-refractivity contribution in [2.75, 3.05) is 33.9 Å². The summed E-state index contributed by atoms with van der Waals surface area (Å²) in [5.41, 5.74) is 0.471. The summed E-state index contributed by atoms with van der Waals surface area (Å²) >= 11 is 0. The molecule has 23 heavy (non-hydrogen) atoms. The van der Waals surface area contributed by atoms with Crippen LogP contribution in [-0.2, 0) is 4.79 Å². The van der Waals surface area contributed by atoms with E-state index >= 15 is 0 Å². The van der Waals surface area contributed by atoms with Crippen molar-refractivity contribution in [3.63, 3.8) is 0 Å². The van der Waals surface area contributed by atoms with Crippen molar-refractivity contribution in [2.24, 2.45) is 0 Å². The number of hydrogen-bond acceptors (Lipinski definition) is 5. The number of rotatable bonds is 4. The first kappa shape index (κ1) is 15.1. The number of urea groups is 1. The number of carbonyl (C=O) groups excluding carboxylic acids is 3. The van der Waals surface area contributed by atoms with E-state index in [1.165, 1.54) is 19.1 Å². The van der Waals surface area contributed by atoms with Gasteiger partial charge in [0.2, 0.25) is 5.91 Å². The van der Waals surface area contributed by atoms with Crippen LogP contribution in [0.15, 0.2) is 18.2 Å². The Morgan fingerprint density at radius 1 is 1.17 bits per heavy atom. The van der Waals surface area contributed by atoms with E-state index in [2.05, 4.69) is 5.32 Å². The molecule has 0 spiro atoms. The molecule has 8 nitrogen and oxygen atoms in total. The first-order valence-electron chi connectivity index (χ1n) is 7.16. The van der Waals surface area contributed by atoms with Crippen LogP contribution in [0.1, 0.15) is 10.4 Å². The van der Waals surface area contributed by atoms with Crippen LogP contribution in [0.3, 0.4) is 0 Å². The molecule has 2 saturated heterocycles. The zero-order valence-electron chi connectivity index (χ0n) is 12.9. The molecule has 2 heterocycles. The van der Waals surface area contributed by atoms with Gasteiger partial charge in [0.05, 0.1) is 26.8 Å². The van der Waals surface area contributed by atoms with Gasteiger partial charge in [-0.1, -0.05) is 0 Å². The van der Waals surface area contributed by atoms with Crippen LogP contribution in [0, 0.1) is 0 Å². The molecule has 2 aliphatic rings. The molecule has 0 aliphatic carbocycles. The summed E-state index contributed by atoms with van der Waals surface area (Å²) in [4.78, 5) is 38.4. The summed E-state index contributed by atoms with van der Waals surface area (Å²) in [5.74, 6) is 0.599. The second-order valence-corrected chi connectivity index (χ2v) is 5.36. The third kappa shape index (κ3) is 2.56. The number of nitrogens with zero attached hydrogens (tertiary/aromatic N) is 2. The average Bonchev–Trinajstić information content (AvgIpc) is 2.85. The summed E-state index contributed by atoms with van der Waals surface area (Å²) in [6.45, 7) is 0.706. The lowest BCUT2D eigenvalue weighted by atomic mass is 10.0. The van der Waals surface area contributed by atoms with Gasteiger partial charge in [-0.2, -0.15) is 0 Å². The highest BCUT2D eigenvalue weighted by Gasteiger charge is 2.43. The molecule has 0 atom stereocenters. The fourth-order valence-corrected chi connectivity index (χ4v) is 2.74. The van der Waals surface area contributed by atoms with Crippen LogP contribution in [0.25, 0.3) is 0 Å². The summed E-state index contributed by atoms with van der Waals surface area (Å²) in [6.07, 6.45) is 0. The Hall–Kier alpha value is -2.77. The number of amides is 4. The fourth-order valence-electron chi connectivity index (χ4n) is 2.74. The molecule has 1 aromatic carbocycles. The number of nitrogens with one attached hydrogen (secondary N) is 1. The van der Waals surface area contributed by atoms with Gasteiger partial charge in [0, 0.05) is 18.7 Å². The number of hydrogen-bond donors (Lipinski definition) is 1. The van der Waals surface area contributed by atoms with Gasteiger partial charge >= 0.3 is 6.03 Å². The molecule has 3 rings (SSSR count). The SMILES string of the molecule is COc1ccc(C(=O)N2CC(N3C(=O)CNC3=O)C2)cc1OC. The molecule has 0 aromatic heterocycles.